The van der Waals surface area contributed by atoms with Crippen LogP contribution in [-0.2, 0) is 10.0 Å². The van der Waals surface area contributed by atoms with Crippen LogP contribution in [0.25, 0.3) is 22.2 Å². The van der Waals surface area contributed by atoms with Crippen LogP contribution in [0.15, 0.2) is 106 Å². The van der Waals surface area contributed by atoms with Gasteiger partial charge in [-0.3, -0.25) is 9.78 Å². The van der Waals surface area contributed by atoms with E-state index >= 15 is 0 Å². The molecule has 0 unspecified atom stereocenters. The van der Waals surface area contributed by atoms with Gasteiger partial charge in [-0.2, -0.15) is 10.4 Å². The second-order valence-electron chi connectivity index (χ2n) is 7.73. The van der Waals surface area contributed by atoms with Crippen molar-refractivity contribution < 1.29 is 8.42 Å². The number of nitrogens with zero attached hydrogens (tertiary/aromatic N) is 4. The fourth-order valence-electron chi connectivity index (χ4n) is 3.73. The Bertz CT molecular complexity index is 1800. The summed E-state index contributed by atoms with van der Waals surface area (Å²) >= 11 is 0. The van der Waals surface area contributed by atoms with Crippen molar-refractivity contribution in [2.75, 3.05) is 5.43 Å². The highest BCUT2D eigenvalue weighted by atomic mass is 32.2. The van der Waals surface area contributed by atoms with Crippen LogP contribution in [0.5, 0.6) is 0 Å². The van der Waals surface area contributed by atoms with Gasteiger partial charge in [0.1, 0.15) is 11.6 Å². The first-order chi connectivity index (χ1) is 17.5. The third-order valence-electron chi connectivity index (χ3n) is 5.44. The van der Waals surface area contributed by atoms with E-state index in [4.69, 9.17) is 0 Å². The van der Waals surface area contributed by atoms with Crippen molar-refractivity contribution in [3.05, 3.63) is 113 Å². The number of fused-ring (bicyclic) bond motifs is 1. The molecule has 0 aliphatic carbocycles. The Morgan fingerprint density at radius 1 is 1.00 bits per heavy atom. The highest BCUT2D eigenvalue weighted by Crippen LogP contribution is 2.23. The summed E-state index contributed by atoms with van der Waals surface area (Å²) in [5, 5.41) is 14.2. The zero-order valence-electron chi connectivity index (χ0n) is 18.7. The molecule has 0 fully saturated rings. The quantitative estimate of drug-likeness (QED) is 0.271. The standard InChI is InChI=1S/C26H18N6O3S/c27-16-22-24(19-7-3-1-4-8-19)29-26(30-25(22)33)31-28-17-18-11-12-23-20(15-18)13-14-32(23)36(34,35)21-9-5-2-6-10-21/h1-15,17H,(H2,29,30,31,33). The monoisotopic (exact) mass is 494 g/mol. The van der Waals surface area contributed by atoms with Crippen LogP contribution >= 0.6 is 0 Å². The van der Waals surface area contributed by atoms with Crippen molar-refractivity contribution in [2.45, 2.75) is 4.90 Å². The summed E-state index contributed by atoms with van der Waals surface area (Å²) in [5.41, 5.74) is 4.14. The summed E-state index contributed by atoms with van der Waals surface area (Å²) in [7, 11) is -3.72. The van der Waals surface area contributed by atoms with Crippen molar-refractivity contribution in [2.24, 2.45) is 5.10 Å². The number of rotatable bonds is 6. The molecule has 0 saturated heterocycles. The number of nitrogens with one attached hydrogen (secondary N) is 2. The molecule has 0 aliphatic heterocycles. The number of hydrogen-bond donors (Lipinski definition) is 2. The maximum absolute atomic E-state index is 13.0. The predicted molar refractivity (Wildman–Crippen MR) is 137 cm³/mol. The lowest BCUT2D eigenvalue weighted by Crippen LogP contribution is -2.16. The van der Waals surface area contributed by atoms with Gasteiger partial charge in [0.15, 0.2) is 0 Å². The number of hydrazone groups is 1. The van der Waals surface area contributed by atoms with Gasteiger partial charge in [-0.15, -0.1) is 0 Å². The highest BCUT2D eigenvalue weighted by molar-refractivity contribution is 7.90. The molecule has 36 heavy (non-hydrogen) atoms. The number of anilines is 1. The van der Waals surface area contributed by atoms with Crippen LogP contribution in [0.2, 0.25) is 0 Å². The first-order valence-electron chi connectivity index (χ1n) is 10.8. The third-order valence-corrected chi connectivity index (χ3v) is 7.15. The van der Waals surface area contributed by atoms with Crippen molar-refractivity contribution in [1.29, 1.82) is 5.26 Å². The fraction of sp³-hybridized carbons (Fsp3) is 0. The van der Waals surface area contributed by atoms with E-state index in [0.717, 1.165) is 5.39 Å². The van der Waals surface area contributed by atoms with Gasteiger partial charge < -0.3 is 0 Å². The summed E-state index contributed by atoms with van der Waals surface area (Å²) in [6.45, 7) is 0. The Kier molecular flexibility index (Phi) is 5.90. The average molecular weight is 495 g/mol. The molecule has 10 heteroatoms. The van der Waals surface area contributed by atoms with Gasteiger partial charge in [-0.05, 0) is 35.9 Å². The molecular weight excluding hydrogens is 476 g/mol. The predicted octanol–water partition coefficient (Wildman–Crippen LogP) is 3.95. The third kappa shape index (κ3) is 4.26. The fourth-order valence-corrected chi connectivity index (χ4v) is 5.11. The molecule has 2 N–H and O–H groups in total. The number of H-pyrrole nitrogens is 1. The molecule has 5 rings (SSSR count). The molecule has 2 aromatic heterocycles. The summed E-state index contributed by atoms with van der Waals surface area (Å²) in [4.78, 5) is 19.4. The minimum atomic E-state index is -3.72. The molecule has 5 aromatic rings. The maximum Gasteiger partial charge on any atom is 0.270 e. The molecule has 0 atom stereocenters. The average Bonchev–Trinajstić information content (AvgIpc) is 3.34. The molecule has 0 amide bonds. The van der Waals surface area contributed by atoms with Gasteiger partial charge in [0, 0.05) is 17.1 Å². The summed E-state index contributed by atoms with van der Waals surface area (Å²) in [5.74, 6) is 0.0790. The Labute approximate surface area is 206 Å². The molecule has 0 saturated carbocycles. The molecular formula is C26H18N6O3S. The smallest absolute Gasteiger partial charge is 0.270 e. The summed E-state index contributed by atoms with van der Waals surface area (Å²) in [6, 6.07) is 26.0. The lowest BCUT2D eigenvalue weighted by Gasteiger charge is -2.07. The van der Waals surface area contributed by atoms with Crippen molar-refractivity contribution in [1.82, 2.24) is 13.9 Å². The first-order valence-corrected chi connectivity index (χ1v) is 12.2. The van der Waals surface area contributed by atoms with Crippen LogP contribution in [0.1, 0.15) is 11.1 Å². The van der Waals surface area contributed by atoms with Gasteiger partial charge in [0.05, 0.1) is 22.3 Å². The van der Waals surface area contributed by atoms with Crippen LogP contribution in [0.4, 0.5) is 5.95 Å². The Balaban J connectivity index is 1.41. The van der Waals surface area contributed by atoms with Gasteiger partial charge in [-0.1, -0.05) is 54.6 Å². The maximum atomic E-state index is 13.0. The molecule has 9 nitrogen and oxygen atoms in total. The molecule has 176 valence electrons. The van der Waals surface area contributed by atoms with Gasteiger partial charge >= 0.3 is 0 Å². The van der Waals surface area contributed by atoms with Crippen LogP contribution < -0.4 is 11.0 Å². The Morgan fingerprint density at radius 3 is 2.44 bits per heavy atom. The second-order valence-corrected chi connectivity index (χ2v) is 9.55. The molecule has 0 spiro atoms. The van der Waals surface area contributed by atoms with E-state index in [2.05, 4.69) is 20.5 Å². The number of benzene rings is 3. The molecule has 0 aliphatic rings. The second kappa shape index (κ2) is 9.32. The van der Waals surface area contributed by atoms with E-state index in [0.29, 0.717) is 16.6 Å². The Hall–Kier alpha value is -5.01. The summed E-state index contributed by atoms with van der Waals surface area (Å²) < 4.78 is 27.2. The van der Waals surface area contributed by atoms with Crippen molar-refractivity contribution in [3.63, 3.8) is 0 Å². The van der Waals surface area contributed by atoms with Crippen LogP contribution in [-0.4, -0.2) is 28.6 Å². The van der Waals surface area contributed by atoms with Crippen molar-refractivity contribution >= 4 is 33.1 Å². The molecule has 0 radical (unpaired) electrons. The molecule has 3 aromatic carbocycles. The Morgan fingerprint density at radius 2 is 1.72 bits per heavy atom. The van der Waals surface area contributed by atoms with Gasteiger partial charge in [-0.25, -0.2) is 22.8 Å². The minimum absolute atomic E-state index is 0.0790. The van der Waals surface area contributed by atoms with E-state index in [1.54, 1.807) is 78.9 Å². The van der Waals surface area contributed by atoms with E-state index in [1.807, 2.05) is 12.1 Å². The zero-order valence-corrected chi connectivity index (χ0v) is 19.5. The van der Waals surface area contributed by atoms with Crippen molar-refractivity contribution in [3.8, 4) is 17.3 Å². The minimum Gasteiger partial charge on any atom is -0.290 e. The number of hydrogen-bond acceptors (Lipinski definition) is 7. The van der Waals surface area contributed by atoms with Crippen LogP contribution in [0, 0.1) is 11.3 Å². The SMILES string of the molecule is N#Cc1c(-c2ccccc2)nc(NN=Cc2ccc3c(ccn3S(=O)(=O)c3ccccc3)c2)[nH]c1=O. The lowest BCUT2D eigenvalue weighted by molar-refractivity contribution is 0.589. The van der Waals surface area contributed by atoms with E-state index in [1.165, 1.54) is 16.4 Å². The topological polar surface area (TPSA) is 133 Å². The number of nitriles is 1. The van der Waals surface area contributed by atoms with Crippen LogP contribution in [0.3, 0.4) is 0 Å². The normalized spacial score (nSPS) is 11.5. The van der Waals surface area contributed by atoms with E-state index in [-0.39, 0.29) is 22.1 Å². The first kappa shape index (κ1) is 22.8. The van der Waals surface area contributed by atoms with Gasteiger partial charge in [0.25, 0.3) is 15.6 Å². The molecule has 2 heterocycles. The van der Waals surface area contributed by atoms with Gasteiger partial charge in [0.2, 0.25) is 5.95 Å². The number of aromatic amines is 1. The number of aromatic nitrogens is 3. The largest absolute Gasteiger partial charge is 0.290 e. The van der Waals surface area contributed by atoms with E-state index < -0.39 is 15.6 Å². The molecule has 0 bridgehead atoms. The lowest BCUT2D eigenvalue weighted by atomic mass is 10.1. The zero-order chi connectivity index (χ0) is 25.1. The van der Waals surface area contributed by atoms with E-state index in [9.17, 15) is 18.5 Å². The highest BCUT2D eigenvalue weighted by Gasteiger charge is 2.18. The summed E-state index contributed by atoms with van der Waals surface area (Å²) in [6.07, 6.45) is 3.03.